The number of benzene rings is 1. The minimum absolute atomic E-state index is 0.200. The van der Waals surface area contributed by atoms with Crippen LogP contribution in [0.15, 0.2) is 18.2 Å². The van der Waals surface area contributed by atoms with Crippen LogP contribution in [0, 0.1) is 0 Å². The maximum absolute atomic E-state index is 9.56. The van der Waals surface area contributed by atoms with Gasteiger partial charge in [-0.15, -0.1) is 0 Å². The monoisotopic (exact) mass is 281 g/mol. The molecule has 1 aliphatic rings. The summed E-state index contributed by atoms with van der Waals surface area (Å²) in [5.41, 5.74) is 1.15. The topological polar surface area (TPSA) is 41.5 Å². The standard InChI is InChI=1S/C15H23NO2S/c1-3-19-13-6-5-12(9-13)16-10-11-4-7-14(17)15(8-11)18-2/h4,7-8,12-13,16-17H,3,5-6,9-10H2,1-2H3. The van der Waals surface area contributed by atoms with Crippen LogP contribution in [0.1, 0.15) is 31.7 Å². The van der Waals surface area contributed by atoms with E-state index in [0.29, 0.717) is 11.8 Å². The van der Waals surface area contributed by atoms with Crippen molar-refractivity contribution in [3.05, 3.63) is 23.8 Å². The van der Waals surface area contributed by atoms with E-state index in [4.69, 9.17) is 4.74 Å². The molecule has 19 heavy (non-hydrogen) atoms. The van der Waals surface area contributed by atoms with Crippen molar-refractivity contribution < 1.29 is 9.84 Å². The first-order valence-corrected chi connectivity index (χ1v) is 7.98. The van der Waals surface area contributed by atoms with Crippen LogP contribution >= 0.6 is 11.8 Å². The highest BCUT2D eigenvalue weighted by atomic mass is 32.2. The number of thioether (sulfide) groups is 1. The zero-order valence-electron chi connectivity index (χ0n) is 11.7. The lowest BCUT2D eigenvalue weighted by atomic mass is 10.1. The fourth-order valence-electron chi connectivity index (χ4n) is 2.61. The molecule has 0 aliphatic heterocycles. The van der Waals surface area contributed by atoms with Gasteiger partial charge in [-0.05, 0) is 42.7 Å². The molecule has 1 aromatic carbocycles. The smallest absolute Gasteiger partial charge is 0.160 e. The molecule has 1 fully saturated rings. The van der Waals surface area contributed by atoms with Crippen molar-refractivity contribution >= 4 is 11.8 Å². The molecule has 0 bridgehead atoms. The zero-order chi connectivity index (χ0) is 13.7. The second kappa shape index (κ2) is 7.06. The zero-order valence-corrected chi connectivity index (χ0v) is 12.5. The molecule has 0 radical (unpaired) electrons. The molecule has 4 heteroatoms. The number of hydrogen-bond donors (Lipinski definition) is 2. The summed E-state index contributed by atoms with van der Waals surface area (Å²) in [6.07, 6.45) is 3.87. The Morgan fingerprint density at radius 3 is 3.00 bits per heavy atom. The first-order chi connectivity index (χ1) is 9.22. The first-order valence-electron chi connectivity index (χ1n) is 6.93. The van der Waals surface area contributed by atoms with Gasteiger partial charge in [0, 0.05) is 17.8 Å². The van der Waals surface area contributed by atoms with Crippen molar-refractivity contribution in [2.45, 2.75) is 44.0 Å². The van der Waals surface area contributed by atoms with Gasteiger partial charge in [0.1, 0.15) is 0 Å². The van der Waals surface area contributed by atoms with Crippen molar-refractivity contribution in [1.29, 1.82) is 0 Å². The average Bonchev–Trinajstić information content (AvgIpc) is 2.86. The molecule has 2 N–H and O–H groups in total. The predicted molar refractivity (Wildman–Crippen MR) is 81.1 cm³/mol. The van der Waals surface area contributed by atoms with Gasteiger partial charge < -0.3 is 15.2 Å². The Balaban J connectivity index is 1.83. The molecule has 0 saturated heterocycles. The summed E-state index contributed by atoms with van der Waals surface area (Å²) in [5, 5.41) is 14.0. The highest BCUT2D eigenvalue weighted by Crippen LogP contribution is 2.30. The largest absolute Gasteiger partial charge is 0.504 e. The van der Waals surface area contributed by atoms with Gasteiger partial charge in [0.2, 0.25) is 0 Å². The maximum Gasteiger partial charge on any atom is 0.160 e. The Morgan fingerprint density at radius 2 is 2.26 bits per heavy atom. The lowest BCUT2D eigenvalue weighted by Gasteiger charge is -2.14. The number of aromatic hydroxyl groups is 1. The third kappa shape index (κ3) is 4.05. The van der Waals surface area contributed by atoms with Gasteiger partial charge in [-0.1, -0.05) is 13.0 Å². The molecule has 106 valence electrons. The molecule has 1 saturated carbocycles. The predicted octanol–water partition coefficient (Wildman–Crippen LogP) is 3.16. The van der Waals surface area contributed by atoms with Crippen LogP contribution in [0.4, 0.5) is 0 Å². The summed E-state index contributed by atoms with van der Waals surface area (Å²) >= 11 is 2.08. The summed E-state index contributed by atoms with van der Waals surface area (Å²) in [6, 6.07) is 6.16. The SMILES string of the molecule is CCSC1CCC(NCc2ccc(O)c(OC)c2)C1. The lowest BCUT2D eigenvalue weighted by molar-refractivity contribution is 0.372. The first kappa shape index (κ1) is 14.5. The van der Waals surface area contributed by atoms with Gasteiger partial charge in [-0.3, -0.25) is 0 Å². The Kier molecular flexibility index (Phi) is 5.40. The van der Waals surface area contributed by atoms with E-state index in [1.54, 1.807) is 13.2 Å². The number of phenols is 1. The fourth-order valence-corrected chi connectivity index (χ4v) is 3.75. The minimum atomic E-state index is 0.200. The quantitative estimate of drug-likeness (QED) is 0.840. The van der Waals surface area contributed by atoms with Crippen LogP contribution in [0.3, 0.4) is 0 Å². The fraction of sp³-hybridized carbons (Fsp3) is 0.600. The van der Waals surface area contributed by atoms with Gasteiger partial charge >= 0.3 is 0 Å². The van der Waals surface area contributed by atoms with E-state index in [1.807, 2.05) is 12.1 Å². The molecule has 2 rings (SSSR count). The van der Waals surface area contributed by atoms with E-state index < -0.39 is 0 Å². The van der Waals surface area contributed by atoms with Crippen LogP contribution in [0.5, 0.6) is 11.5 Å². The van der Waals surface area contributed by atoms with E-state index in [9.17, 15) is 5.11 Å². The minimum Gasteiger partial charge on any atom is -0.504 e. The van der Waals surface area contributed by atoms with Crippen LogP contribution in [0.2, 0.25) is 0 Å². The summed E-state index contributed by atoms with van der Waals surface area (Å²) < 4.78 is 5.13. The second-order valence-electron chi connectivity index (χ2n) is 4.97. The number of rotatable bonds is 6. The molecule has 3 nitrogen and oxygen atoms in total. The molecule has 0 spiro atoms. The van der Waals surface area contributed by atoms with Crippen molar-refractivity contribution in [2.24, 2.45) is 0 Å². The highest BCUT2D eigenvalue weighted by molar-refractivity contribution is 7.99. The van der Waals surface area contributed by atoms with Crippen LogP contribution in [0.25, 0.3) is 0 Å². The molecular weight excluding hydrogens is 258 g/mol. The van der Waals surface area contributed by atoms with E-state index >= 15 is 0 Å². The van der Waals surface area contributed by atoms with Crippen molar-refractivity contribution in [3.63, 3.8) is 0 Å². The number of nitrogens with one attached hydrogen (secondary N) is 1. The van der Waals surface area contributed by atoms with Crippen LogP contribution in [-0.2, 0) is 6.54 Å². The Morgan fingerprint density at radius 1 is 1.42 bits per heavy atom. The molecule has 1 aromatic rings. The lowest BCUT2D eigenvalue weighted by Crippen LogP contribution is -2.26. The normalized spacial score (nSPS) is 22.6. The van der Waals surface area contributed by atoms with Crippen LogP contribution < -0.4 is 10.1 Å². The molecule has 2 unspecified atom stereocenters. The molecule has 0 aromatic heterocycles. The summed E-state index contributed by atoms with van der Waals surface area (Å²) in [7, 11) is 1.58. The number of methoxy groups -OCH3 is 1. The Hall–Kier alpha value is -0.870. The molecular formula is C15H23NO2S. The van der Waals surface area contributed by atoms with E-state index in [0.717, 1.165) is 17.4 Å². The average molecular weight is 281 g/mol. The second-order valence-corrected chi connectivity index (χ2v) is 6.55. The third-order valence-electron chi connectivity index (χ3n) is 3.63. The van der Waals surface area contributed by atoms with E-state index in [1.165, 1.54) is 25.0 Å². The molecule has 2 atom stereocenters. The molecule has 0 heterocycles. The Bertz CT molecular complexity index is 411. The van der Waals surface area contributed by atoms with Crippen molar-refractivity contribution in [2.75, 3.05) is 12.9 Å². The van der Waals surface area contributed by atoms with Gasteiger partial charge in [-0.25, -0.2) is 0 Å². The molecule has 0 amide bonds. The summed E-state index contributed by atoms with van der Waals surface area (Å²) in [4.78, 5) is 0. The third-order valence-corrected chi connectivity index (χ3v) is 4.86. The van der Waals surface area contributed by atoms with E-state index in [-0.39, 0.29) is 5.75 Å². The summed E-state index contributed by atoms with van der Waals surface area (Å²) in [5.74, 6) is 1.96. The van der Waals surface area contributed by atoms with Gasteiger partial charge in [0.05, 0.1) is 7.11 Å². The summed E-state index contributed by atoms with van der Waals surface area (Å²) in [6.45, 7) is 3.07. The van der Waals surface area contributed by atoms with Gasteiger partial charge in [0.15, 0.2) is 11.5 Å². The number of ether oxygens (including phenoxy) is 1. The number of hydrogen-bond acceptors (Lipinski definition) is 4. The van der Waals surface area contributed by atoms with Crippen LogP contribution in [-0.4, -0.2) is 29.3 Å². The highest BCUT2D eigenvalue weighted by Gasteiger charge is 2.23. The van der Waals surface area contributed by atoms with Crippen molar-refractivity contribution in [1.82, 2.24) is 5.32 Å². The Labute approximate surface area is 119 Å². The van der Waals surface area contributed by atoms with Gasteiger partial charge in [-0.2, -0.15) is 11.8 Å². The van der Waals surface area contributed by atoms with Crippen molar-refractivity contribution in [3.8, 4) is 11.5 Å². The number of phenolic OH excluding ortho intramolecular Hbond substituents is 1. The van der Waals surface area contributed by atoms with E-state index in [2.05, 4.69) is 24.0 Å². The van der Waals surface area contributed by atoms with Gasteiger partial charge in [0.25, 0.3) is 0 Å². The molecule has 1 aliphatic carbocycles. The maximum atomic E-state index is 9.56.